The number of hydrogen-bond acceptors (Lipinski definition) is 5. The Labute approximate surface area is 167 Å². The second-order valence-electron chi connectivity index (χ2n) is 5.82. The standard InChI is InChI=1S/C17H12F5N5O2S/c1-2-16(18,19)11-3-5-12(6-4-11)30(28,29)26-14-8-10-24-27(14)13-7-9-23-15(25-13)17(20,21)22/h2-10,26H,1H2. The van der Waals surface area contributed by atoms with Crippen LogP contribution in [0.4, 0.5) is 27.8 Å². The van der Waals surface area contributed by atoms with Gasteiger partial charge in [-0.1, -0.05) is 18.7 Å². The SMILES string of the molecule is C=CC(F)(F)c1ccc(S(=O)(=O)Nc2ccnn2-c2ccnc(C(F)(F)F)n2)cc1. The predicted molar refractivity (Wildman–Crippen MR) is 95.5 cm³/mol. The smallest absolute Gasteiger partial charge is 0.263 e. The molecule has 0 amide bonds. The van der Waals surface area contributed by atoms with Gasteiger partial charge in [-0.25, -0.2) is 18.4 Å². The van der Waals surface area contributed by atoms with Crippen molar-refractivity contribution in [2.75, 3.05) is 4.72 Å². The molecule has 0 fully saturated rings. The largest absolute Gasteiger partial charge is 0.451 e. The number of benzene rings is 1. The van der Waals surface area contributed by atoms with Crippen molar-refractivity contribution in [1.82, 2.24) is 19.7 Å². The molecule has 158 valence electrons. The van der Waals surface area contributed by atoms with Crippen LogP contribution in [0.5, 0.6) is 0 Å². The van der Waals surface area contributed by atoms with E-state index in [9.17, 15) is 30.4 Å². The molecule has 3 rings (SSSR count). The Morgan fingerprint density at radius 1 is 1.00 bits per heavy atom. The van der Waals surface area contributed by atoms with Gasteiger partial charge in [-0.05, 0) is 18.2 Å². The molecule has 13 heteroatoms. The van der Waals surface area contributed by atoms with Crippen LogP contribution in [0.25, 0.3) is 5.82 Å². The number of alkyl halides is 5. The van der Waals surface area contributed by atoms with Crippen LogP contribution >= 0.6 is 0 Å². The zero-order valence-electron chi connectivity index (χ0n) is 14.8. The second kappa shape index (κ2) is 7.48. The first kappa shape index (κ1) is 21.4. The molecule has 0 bridgehead atoms. The number of sulfonamides is 1. The summed E-state index contributed by atoms with van der Waals surface area (Å²) in [6.45, 7) is 3.02. The van der Waals surface area contributed by atoms with Gasteiger partial charge >= 0.3 is 6.18 Å². The number of halogens is 5. The van der Waals surface area contributed by atoms with Crippen LogP contribution in [0, 0.1) is 0 Å². The van der Waals surface area contributed by atoms with E-state index in [0.29, 0.717) is 6.08 Å². The van der Waals surface area contributed by atoms with Gasteiger partial charge in [-0.15, -0.1) is 0 Å². The molecule has 1 aromatic carbocycles. The van der Waals surface area contributed by atoms with Gasteiger partial charge in [0, 0.05) is 23.9 Å². The highest BCUT2D eigenvalue weighted by Crippen LogP contribution is 2.30. The minimum atomic E-state index is -4.81. The van der Waals surface area contributed by atoms with Crippen molar-refractivity contribution in [3.8, 4) is 5.82 Å². The predicted octanol–water partition coefficient (Wildman–Crippen LogP) is 3.76. The van der Waals surface area contributed by atoms with Crippen LogP contribution in [-0.4, -0.2) is 28.2 Å². The van der Waals surface area contributed by atoms with Gasteiger partial charge in [-0.2, -0.15) is 31.7 Å². The molecule has 0 radical (unpaired) electrons. The zero-order chi connectivity index (χ0) is 22.2. The van der Waals surface area contributed by atoms with Crippen molar-refractivity contribution in [3.63, 3.8) is 0 Å². The Morgan fingerprint density at radius 3 is 2.27 bits per heavy atom. The van der Waals surface area contributed by atoms with Gasteiger partial charge in [0.15, 0.2) is 5.82 Å². The number of aromatic nitrogens is 4. The Balaban J connectivity index is 1.91. The van der Waals surface area contributed by atoms with E-state index in [1.165, 1.54) is 6.07 Å². The average Bonchev–Trinajstić information content (AvgIpc) is 3.15. The highest BCUT2D eigenvalue weighted by Gasteiger charge is 2.35. The summed E-state index contributed by atoms with van der Waals surface area (Å²) in [4.78, 5) is 6.11. The highest BCUT2D eigenvalue weighted by atomic mass is 32.2. The monoisotopic (exact) mass is 445 g/mol. The van der Waals surface area contributed by atoms with Crippen molar-refractivity contribution >= 4 is 15.8 Å². The lowest BCUT2D eigenvalue weighted by Crippen LogP contribution is -2.18. The number of allylic oxidation sites excluding steroid dienone is 1. The summed E-state index contributed by atoms with van der Waals surface area (Å²) in [5.74, 6) is -5.32. The number of nitrogens with one attached hydrogen (secondary N) is 1. The Kier molecular flexibility index (Phi) is 5.33. The van der Waals surface area contributed by atoms with Gasteiger partial charge in [0.05, 0.1) is 11.1 Å². The van der Waals surface area contributed by atoms with Crippen LogP contribution in [-0.2, 0) is 22.1 Å². The van der Waals surface area contributed by atoms with Crippen LogP contribution in [0.1, 0.15) is 11.4 Å². The fraction of sp³-hybridized carbons (Fsp3) is 0.118. The third-order valence-corrected chi connectivity index (χ3v) is 5.17. The minimum absolute atomic E-state index is 0.220. The quantitative estimate of drug-likeness (QED) is 0.461. The van der Waals surface area contributed by atoms with Gasteiger partial charge in [0.25, 0.3) is 15.9 Å². The molecule has 0 spiro atoms. The van der Waals surface area contributed by atoms with E-state index in [1.54, 1.807) is 0 Å². The summed E-state index contributed by atoms with van der Waals surface area (Å²) < 4.78 is 93.7. The molecule has 2 aromatic heterocycles. The molecule has 0 saturated carbocycles. The maximum Gasteiger partial charge on any atom is 0.451 e. The zero-order valence-corrected chi connectivity index (χ0v) is 15.6. The average molecular weight is 445 g/mol. The molecule has 7 nitrogen and oxygen atoms in total. The van der Waals surface area contributed by atoms with E-state index >= 15 is 0 Å². The lowest BCUT2D eigenvalue weighted by atomic mass is 10.1. The third-order valence-electron chi connectivity index (χ3n) is 3.80. The summed E-state index contributed by atoms with van der Waals surface area (Å²) in [7, 11) is -4.27. The van der Waals surface area contributed by atoms with E-state index in [2.05, 4.69) is 26.4 Å². The van der Waals surface area contributed by atoms with Crippen molar-refractivity contribution in [1.29, 1.82) is 0 Å². The molecule has 30 heavy (non-hydrogen) atoms. The van der Waals surface area contributed by atoms with Crippen LogP contribution in [0.3, 0.4) is 0 Å². The fourth-order valence-electron chi connectivity index (χ4n) is 2.34. The highest BCUT2D eigenvalue weighted by molar-refractivity contribution is 7.92. The van der Waals surface area contributed by atoms with E-state index in [0.717, 1.165) is 47.4 Å². The molecule has 0 aliphatic carbocycles. The van der Waals surface area contributed by atoms with E-state index in [-0.39, 0.29) is 16.5 Å². The van der Waals surface area contributed by atoms with Crippen molar-refractivity contribution in [3.05, 3.63) is 72.8 Å². The Morgan fingerprint density at radius 2 is 1.67 bits per heavy atom. The van der Waals surface area contributed by atoms with Gasteiger partial charge in [0.1, 0.15) is 5.82 Å². The molecular weight excluding hydrogens is 433 g/mol. The first-order valence-corrected chi connectivity index (χ1v) is 9.52. The first-order valence-electron chi connectivity index (χ1n) is 8.03. The lowest BCUT2D eigenvalue weighted by Gasteiger charge is -2.13. The van der Waals surface area contributed by atoms with Crippen LogP contribution < -0.4 is 4.72 Å². The Bertz CT molecular complexity index is 1170. The fourth-order valence-corrected chi connectivity index (χ4v) is 3.38. The maximum atomic E-state index is 13.6. The van der Waals surface area contributed by atoms with E-state index in [4.69, 9.17) is 0 Å². The van der Waals surface area contributed by atoms with Crippen LogP contribution in [0.2, 0.25) is 0 Å². The van der Waals surface area contributed by atoms with Crippen molar-refractivity contribution in [2.45, 2.75) is 17.0 Å². The third kappa shape index (κ3) is 4.30. The number of nitrogens with zero attached hydrogens (tertiary/aromatic N) is 4. The maximum absolute atomic E-state index is 13.6. The molecule has 0 aliphatic rings. The first-order chi connectivity index (χ1) is 13.9. The number of hydrogen-bond donors (Lipinski definition) is 1. The molecule has 0 aliphatic heterocycles. The second-order valence-corrected chi connectivity index (χ2v) is 7.50. The molecule has 0 unspecified atom stereocenters. The van der Waals surface area contributed by atoms with E-state index < -0.39 is 33.5 Å². The molecular formula is C17H12F5N5O2S. The lowest BCUT2D eigenvalue weighted by molar-refractivity contribution is -0.145. The van der Waals surface area contributed by atoms with Crippen LogP contribution in [0.15, 0.2) is 66.3 Å². The molecule has 2 heterocycles. The topological polar surface area (TPSA) is 89.8 Å². The molecule has 0 atom stereocenters. The van der Waals surface area contributed by atoms with Gasteiger partial charge in [-0.3, -0.25) is 4.72 Å². The Hall–Kier alpha value is -3.35. The van der Waals surface area contributed by atoms with Crippen molar-refractivity contribution in [2.24, 2.45) is 0 Å². The summed E-state index contributed by atoms with van der Waals surface area (Å²) in [5, 5.41) is 3.77. The minimum Gasteiger partial charge on any atom is -0.263 e. The normalized spacial score (nSPS) is 12.6. The summed E-state index contributed by atoms with van der Waals surface area (Å²) in [6.07, 6.45) is -2.40. The summed E-state index contributed by atoms with van der Waals surface area (Å²) >= 11 is 0. The molecule has 1 N–H and O–H groups in total. The summed E-state index contributed by atoms with van der Waals surface area (Å²) in [5.41, 5.74) is -0.456. The van der Waals surface area contributed by atoms with E-state index in [1.807, 2.05) is 0 Å². The molecule has 0 saturated heterocycles. The number of rotatable bonds is 6. The van der Waals surface area contributed by atoms with Gasteiger partial charge < -0.3 is 0 Å². The van der Waals surface area contributed by atoms with Gasteiger partial charge in [0.2, 0.25) is 5.82 Å². The summed E-state index contributed by atoms with van der Waals surface area (Å²) in [6, 6.07) is 6.06. The molecule has 3 aromatic rings. The number of anilines is 1. The van der Waals surface area contributed by atoms with Crippen molar-refractivity contribution < 1.29 is 30.4 Å².